The molecular weight excluding hydrogens is 339 g/mol. The van der Waals surface area contributed by atoms with Gasteiger partial charge in [0.05, 0.1) is 17.9 Å². The average molecular weight is 364 g/mol. The van der Waals surface area contributed by atoms with E-state index in [2.05, 4.69) is 28.3 Å². The molecule has 140 valence electrons. The molecule has 1 aliphatic rings. The molecule has 3 heterocycles. The average Bonchev–Trinajstić information content (AvgIpc) is 3.07. The van der Waals surface area contributed by atoms with Gasteiger partial charge in [-0.25, -0.2) is 4.39 Å². The van der Waals surface area contributed by atoms with Crippen molar-refractivity contribution in [3.8, 4) is 11.1 Å². The molecule has 0 spiro atoms. The second-order valence-electron chi connectivity index (χ2n) is 7.43. The first kappa shape index (κ1) is 17.9. The monoisotopic (exact) mass is 364 g/mol. The fourth-order valence-corrected chi connectivity index (χ4v) is 3.98. The Kier molecular flexibility index (Phi) is 5.03. The van der Waals surface area contributed by atoms with Crippen molar-refractivity contribution >= 4 is 0 Å². The molecule has 5 heteroatoms. The molecule has 2 aromatic heterocycles. The number of nitrogens with zero attached hydrogens (tertiary/aromatic N) is 4. The number of benzene rings is 1. The zero-order valence-corrected chi connectivity index (χ0v) is 15.9. The van der Waals surface area contributed by atoms with Crippen LogP contribution in [0.3, 0.4) is 0 Å². The second kappa shape index (κ2) is 7.61. The Hall–Kier alpha value is -2.53. The number of halogens is 1. The van der Waals surface area contributed by atoms with Gasteiger partial charge < -0.3 is 0 Å². The molecule has 4 rings (SSSR count). The van der Waals surface area contributed by atoms with Crippen LogP contribution in [-0.2, 0) is 13.6 Å². The quantitative estimate of drug-likeness (QED) is 0.675. The van der Waals surface area contributed by atoms with Crippen molar-refractivity contribution in [3.05, 3.63) is 71.6 Å². The van der Waals surface area contributed by atoms with Crippen molar-refractivity contribution in [1.29, 1.82) is 0 Å². The summed E-state index contributed by atoms with van der Waals surface area (Å²) in [6.45, 7) is 3.99. The Labute approximate surface area is 159 Å². The van der Waals surface area contributed by atoms with E-state index >= 15 is 0 Å². The first-order valence-corrected chi connectivity index (χ1v) is 9.54. The number of rotatable bonds is 4. The predicted octanol–water partition coefficient (Wildman–Crippen LogP) is 4.66. The van der Waals surface area contributed by atoms with Gasteiger partial charge in [0.1, 0.15) is 5.82 Å². The van der Waals surface area contributed by atoms with Gasteiger partial charge in [0.15, 0.2) is 0 Å². The third-order valence-corrected chi connectivity index (χ3v) is 5.25. The van der Waals surface area contributed by atoms with Crippen LogP contribution in [0.2, 0.25) is 0 Å². The maximum atomic E-state index is 13.3. The maximum Gasteiger partial charge on any atom is 0.123 e. The molecule has 3 aromatic rings. The Balaban J connectivity index is 1.64. The van der Waals surface area contributed by atoms with E-state index in [-0.39, 0.29) is 5.82 Å². The molecule has 0 N–H and O–H groups in total. The standard InChI is InChI=1S/C22H25FN4/c1-16-11-19(18-6-8-20(23)9-7-18)12-21(25-16)22-5-3-4-10-27(22)15-17-13-24-26(2)14-17/h6-9,11-14,22H,3-5,10,15H2,1-2H3. The normalized spacial score (nSPS) is 18.0. The van der Waals surface area contributed by atoms with Gasteiger partial charge in [-0.15, -0.1) is 0 Å². The van der Waals surface area contributed by atoms with Crippen molar-refractivity contribution < 1.29 is 4.39 Å². The minimum Gasteiger partial charge on any atom is -0.290 e. The summed E-state index contributed by atoms with van der Waals surface area (Å²) in [6, 6.07) is 11.3. The second-order valence-corrected chi connectivity index (χ2v) is 7.43. The van der Waals surface area contributed by atoms with Crippen LogP contribution in [0.1, 0.15) is 42.3 Å². The summed E-state index contributed by atoms with van der Waals surface area (Å²) in [7, 11) is 1.95. The van der Waals surface area contributed by atoms with Crippen molar-refractivity contribution in [2.24, 2.45) is 7.05 Å². The van der Waals surface area contributed by atoms with Crippen LogP contribution in [0, 0.1) is 12.7 Å². The highest BCUT2D eigenvalue weighted by Gasteiger charge is 2.26. The van der Waals surface area contributed by atoms with E-state index in [1.807, 2.05) is 37.0 Å². The number of likely N-dealkylation sites (tertiary alicyclic amines) is 1. The summed E-state index contributed by atoms with van der Waals surface area (Å²) in [4.78, 5) is 7.37. The molecule has 1 aromatic carbocycles. The Morgan fingerprint density at radius 1 is 1.11 bits per heavy atom. The Morgan fingerprint density at radius 2 is 1.93 bits per heavy atom. The van der Waals surface area contributed by atoms with Crippen LogP contribution in [0.25, 0.3) is 11.1 Å². The van der Waals surface area contributed by atoms with Gasteiger partial charge >= 0.3 is 0 Å². The highest BCUT2D eigenvalue weighted by atomic mass is 19.1. The van der Waals surface area contributed by atoms with E-state index in [0.717, 1.165) is 42.0 Å². The van der Waals surface area contributed by atoms with Crippen LogP contribution >= 0.6 is 0 Å². The predicted molar refractivity (Wildman–Crippen MR) is 105 cm³/mol. The molecule has 27 heavy (non-hydrogen) atoms. The third kappa shape index (κ3) is 4.08. The van der Waals surface area contributed by atoms with E-state index in [1.165, 1.54) is 30.5 Å². The Morgan fingerprint density at radius 3 is 2.67 bits per heavy atom. The summed E-state index contributed by atoms with van der Waals surface area (Å²) in [5.74, 6) is -0.209. The fraction of sp³-hybridized carbons (Fsp3) is 0.364. The molecule has 1 fully saturated rings. The van der Waals surface area contributed by atoms with Crippen molar-refractivity contribution in [3.63, 3.8) is 0 Å². The van der Waals surface area contributed by atoms with Gasteiger partial charge in [0.2, 0.25) is 0 Å². The lowest BCUT2D eigenvalue weighted by Gasteiger charge is -2.35. The maximum absolute atomic E-state index is 13.3. The van der Waals surface area contributed by atoms with Crippen LogP contribution < -0.4 is 0 Å². The third-order valence-electron chi connectivity index (χ3n) is 5.25. The molecule has 0 bridgehead atoms. The van der Waals surface area contributed by atoms with Crippen molar-refractivity contribution in [2.45, 2.75) is 38.8 Å². The van der Waals surface area contributed by atoms with Crippen LogP contribution in [0.4, 0.5) is 4.39 Å². The SMILES string of the molecule is Cc1cc(-c2ccc(F)cc2)cc(C2CCCCN2Cc2cnn(C)c2)n1. The van der Waals surface area contributed by atoms with E-state index in [1.54, 1.807) is 0 Å². The molecular formula is C22H25FN4. The molecule has 1 aliphatic heterocycles. The molecule has 4 nitrogen and oxygen atoms in total. The van der Waals surface area contributed by atoms with Gasteiger partial charge in [0.25, 0.3) is 0 Å². The molecule has 1 unspecified atom stereocenters. The van der Waals surface area contributed by atoms with Crippen molar-refractivity contribution in [1.82, 2.24) is 19.7 Å². The zero-order chi connectivity index (χ0) is 18.8. The van der Waals surface area contributed by atoms with Gasteiger partial charge in [-0.05, 0) is 61.7 Å². The molecule has 0 aliphatic carbocycles. The van der Waals surface area contributed by atoms with Gasteiger partial charge in [-0.1, -0.05) is 18.6 Å². The van der Waals surface area contributed by atoms with Crippen LogP contribution in [0.15, 0.2) is 48.8 Å². The van der Waals surface area contributed by atoms with Gasteiger partial charge in [0, 0.05) is 31.0 Å². The van der Waals surface area contributed by atoms with Crippen molar-refractivity contribution in [2.75, 3.05) is 6.54 Å². The highest BCUT2D eigenvalue weighted by Crippen LogP contribution is 2.33. The Bertz CT molecular complexity index is 916. The molecule has 1 saturated heterocycles. The minimum atomic E-state index is -0.209. The number of hydrogen-bond donors (Lipinski definition) is 0. The van der Waals surface area contributed by atoms with E-state index in [4.69, 9.17) is 4.98 Å². The van der Waals surface area contributed by atoms with E-state index < -0.39 is 0 Å². The summed E-state index contributed by atoms with van der Waals surface area (Å²) in [5, 5.41) is 4.30. The number of aryl methyl sites for hydroxylation is 2. The van der Waals surface area contributed by atoms with E-state index in [9.17, 15) is 4.39 Å². The van der Waals surface area contributed by atoms with Gasteiger partial charge in [-0.2, -0.15) is 5.10 Å². The highest BCUT2D eigenvalue weighted by molar-refractivity contribution is 5.64. The molecule has 0 radical (unpaired) electrons. The topological polar surface area (TPSA) is 34.0 Å². The summed E-state index contributed by atoms with van der Waals surface area (Å²) in [6.07, 6.45) is 7.57. The number of piperidine rings is 1. The lowest BCUT2D eigenvalue weighted by Crippen LogP contribution is -2.33. The smallest absolute Gasteiger partial charge is 0.123 e. The molecule has 0 saturated carbocycles. The van der Waals surface area contributed by atoms with Crippen LogP contribution in [-0.4, -0.2) is 26.2 Å². The zero-order valence-electron chi connectivity index (χ0n) is 15.9. The molecule has 0 amide bonds. The largest absolute Gasteiger partial charge is 0.290 e. The fourth-order valence-electron chi connectivity index (χ4n) is 3.98. The lowest BCUT2D eigenvalue weighted by atomic mass is 9.95. The first-order chi connectivity index (χ1) is 13.1. The number of hydrogen-bond acceptors (Lipinski definition) is 3. The lowest BCUT2D eigenvalue weighted by molar-refractivity contribution is 0.137. The summed E-state index contributed by atoms with van der Waals surface area (Å²) < 4.78 is 15.1. The summed E-state index contributed by atoms with van der Waals surface area (Å²) >= 11 is 0. The first-order valence-electron chi connectivity index (χ1n) is 9.54. The minimum absolute atomic E-state index is 0.209. The van der Waals surface area contributed by atoms with Gasteiger partial charge in [-0.3, -0.25) is 14.6 Å². The molecule has 1 atom stereocenters. The number of aromatic nitrogens is 3. The summed E-state index contributed by atoms with van der Waals surface area (Å²) in [5.41, 5.74) is 5.47. The van der Waals surface area contributed by atoms with E-state index in [0.29, 0.717) is 6.04 Å². The number of pyridine rings is 1. The van der Waals surface area contributed by atoms with Crippen LogP contribution in [0.5, 0.6) is 0 Å².